The van der Waals surface area contributed by atoms with Crippen molar-refractivity contribution in [1.82, 2.24) is 4.72 Å². The largest absolute Gasteiger partial charge is 0.398 e. The summed E-state index contributed by atoms with van der Waals surface area (Å²) >= 11 is 0. The number of rotatable bonds is 5. The van der Waals surface area contributed by atoms with Crippen LogP contribution in [0.15, 0.2) is 11.0 Å². The Kier molecular flexibility index (Phi) is 4.60. The summed E-state index contributed by atoms with van der Waals surface area (Å²) in [7, 11) is -3.55. The van der Waals surface area contributed by atoms with Gasteiger partial charge in [0.2, 0.25) is 10.0 Å². The second kappa shape index (κ2) is 5.94. The van der Waals surface area contributed by atoms with E-state index in [1.54, 1.807) is 6.92 Å². The van der Waals surface area contributed by atoms with E-state index in [0.29, 0.717) is 22.8 Å². The van der Waals surface area contributed by atoms with Crippen LogP contribution < -0.4 is 10.5 Å². The van der Waals surface area contributed by atoms with E-state index >= 15 is 0 Å². The predicted molar refractivity (Wildman–Crippen MR) is 83.8 cm³/mol. The molecule has 0 spiro atoms. The Bertz CT molecular complexity index is 609. The summed E-state index contributed by atoms with van der Waals surface area (Å²) in [6.07, 6.45) is 1.63. The van der Waals surface area contributed by atoms with E-state index in [4.69, 9.17) is 10.5 Å². The monoisotopic (exact) mass is 312 g/mol. The van der Waals surface area contributed by atoms with Crippen LogP contribution in [0.2, 0.25) is 0 Å². The van der Waals surface area contributed by atoms with Gasteiger partial charge in [-0.3, -0.25) is 0 Å². The van der Waals surface area contributed by atoms with Gasteiger partial charge in [0.05, 0.1) is 11.0 Å². The van der Waals surface area contributed by atoms with Crippen LogP contribution in [0.1, 0.15) is 36.5 Å². The van der Waals surface area contributed by atoms with E-state index in [-0.39, 0.29) is 12.1 Å². The number of ether oxygens (including phenoxy) is 1. The van der Waals surface area contributed by atoms with Crippen LogP contribution >= 0.6 is 0 Å². The number of aryl methyl sites for hydroxylation is 1. The Morgan fingerprint density at radius 2 is 1.90 bits per heavy atom. The Morgan fingerprint density at radius 3 is 2.48 bits per heavy atom. The van der Waals surface area contributed by atoms with E-state index < -0.39 is 10.0 Å². The van der Waals surface area contributed by atoms with Crippen molar-refractivity contribution < 1.29 is 13.2 Å². The molecule has 1 saturated carbocycles. The van der Waals surface area contributed by atoms with Crippen LogP contribution in [0.4, 0.5) is 5.69 Å². The van der Waals surface area contributed by atoms with Crippen molar-refractivity contribution in [3.63, 3.8) is 0 Å². The van der Waals surface area contributed by atoms with Gasteiger partial charge in [-0.05, 0) is 63.3 Å². The molecule has 5 nitrogen and oxygen atoms in total. The van der Waals surface area contributed by atoms with Crippen LogP contribution in [0.3, 0.4) is 0 Å². The molecule has 0 amide bonds. The molecular weight excluding hydrogens is 288 g/mol. The molecule has 0 atom stereocenters. The van der Waals surface area contributed by atoms with Gasteiger partial charge in [-0.25, -0.2) is 13.1 Å². The molecule has 2 rings (SSSR count). The van der Waals surface area contributed by atoms with Crippen molar-refractivity contribution in [2.24, 2.45) is 0 Å². The highest BCUT2D eigenvalue weighted by Crippen LogP contribution is 2.30. The average molecular weight is 312 g/mol. The maximum Gasteiger partial charge on any atom is 0.241 e. The molecule has 0 aliphatic heterocycles. The highest BCUT2D eigenvalue weighted by atomic mass is 32.2. The maximum absolute atomic E-state index is 12.6. The van der Waals surface area contributed by atoms with Crippen molar-refractivity contribution >= 4 is 15.7 Å². The molecule has 3 N–H and O–H groups in total. The summed E-state index contributed by atoms with van der Waals surface area (Å²) in [4.78, 5) is 0.319. The first kappa shape index (κ1) is 16.3. The average Bonchev–Trinajstić information content (AvgIpc) is 2.34. The lowest BCUT2D eigenvalue weighted by molar-refractivity contribution is -0.00476. The number of anilines is 1. The van der Waals surface area contributed by atoms with E-state index in [9.17, 15) is 8.42 Å². The summed E-state index contributed by atoms with van der Waals surface area (Å²) in [5, 5.41) is 0. The smallest absolute Gasteiger partial charge is 0.241 e. The lowest BCUT2D eigenvalue weighted by atomic mass is 9.90. The lowest BCUT2D eigenvalue weighted by Gasteiger charge is -2.35. The summed E-state index contributed by atoms with van der Waals surface area (Å²) in [6, 6.07) is 1.77. The van der Waals surface area contributed by atoms with Gasteiger partial charge in [0, 0.05) is 18.3 Å². The SMILES string of the molecule is CCOC1CC(NS(=O)(=O)c2c(C)c(C)cc(N)c2C)C1. The number of nitrogens with two attached hydrogens (primary N) is 1. The third kappa shape index (κ3) is 3.22. The first-order valence-electron chi connectivity index (χ1n) is 7.26. The molecule has 1 aromatic rings. The van der Waals surface area contributed by atoms with Gasteiger partial charge in [0.25, 0.3) is 0 Å². The van der Waals surface area contributed by atoms with Crippen molar-refractivity contribution in [3.05, 3.63) is 22.8 Å². The summed E-state index contributed by atoms with van der Waals surface area (Å²) in [6.45, 7) is 8.05. The second-order valence-electron chi connectivity index (χ2n) is 5.73. The van der Waals surface area contributed by atoms with Crippen LogP contribution in [-0.2, 0) is 14.8 Å². The summed E-state index contributed by atoms with van der Waals surface area (Å²) in [5.41, 5.74) is 8.69. The molecule has 0 radical (unpaired) electrons. The van der Waals surface area contributed by atoms with Gasteiger partial charge in [-0.15, -0.1) is 0 Å². The van der Waals surface area contributed by atoms with E-state index in [2.05, 4.69) is 4.72 Å². The van der Waals surface area contributed by atoms with E-state index in [0.717, 1.165) is 24.0 Å². The molecule has 1 fully saturated rings. The summed E-state index contributed by atoms with van der Waals surface area (Å²) in [5.74, 6) is 0. The van der Waals surface area contributed by atoms with Gasteiger partial charge in [-0.2, -0.15) is 0 Å². The van der Waals surface area contributed by atoms with Crippen molar-refractivity contribution in [1.29, 1.82) is 0 Å². The van der Waals surface area contributed by atoms with Gasteiger partial charge in [0.1, 0.15) is 0 Å². The van der Waals surface area contributed by atoms with Gasteiger partial charge in [-0.1, -0.05) is 0 Å². The highest BCUT2D eigenvalue weighted by Gasteiger charge is 2.34. The molecule has 1 aliphatic carbocycles. The van der Waals surface area contributed by atoms with Crippen molar-refractivity contribution in [3.8, 4) is 0 Å². The highest BCUT2D eigenvalue weighted by molar-refractivity contribution is 7.89. The molecule has 6 heteroatoms. The Morgan fingerprint density at radius 1 is 1.29 bits per heavy atom. The number of hydrogen-bond donors (Lipinski definition) is 2. The molecule has 0 unspecified atom stereocenters. The predicted octanol–water partition coefficient (Wildman–Crippen LogP) is 2.04. The molecule has 0 aromatic heterocycles. The van der Waals surface area contributed by atoms with Crippen LogP contribution in [0.5, 0.6) is 0 Å². The standard InChI is InChI=1S/C15H24N2O3S/c1-5-20-13-7-12(8-13)17-21(18,19)15-10(3)9(2)6-14(16)11(15)4/h6,12-13,17H,5,7-8,16H2,1-4H3. The zero-order chi connectivity index (χ0) is 15.8. The van der Waals surface area contributed by atoms with E-state index in [1.165, 1.54) is 0 Å². The number of sulfonamides is 1. The molecular formula is C15H24N2O3S. The fourth-order valence-electron chi connectivity index (χ4n) is 2.76. The number of nitrogen functional groups attached to an aromatic ring is 1. The fraction of sp³-hybridized carbons (Fsp3) is 0.600. The summed E-state index contributed by atoms with van der Waals surface area (Å²) < 4.78 is 33.5. The number of nitrogens with one attached hydrogen (secondary N) is 1. The maximum atomic E-state index is 12.6. The van der Waals surface area contributed by atoms with Crippen LogP contribution in [0.25, 0.3) is 0 Å². The fourth-order valence-corrected chi connectivity index (χ4v) is 4.59. The molecule has 1 aliphatic rings. The minimum Gasteiger partial charge on any atom is -0.398 e. The third-order valence-electron chi connectivity index (χ3n) is 4.17. The Hall–Kier alpha value is -1.11. The number of hydrogen-bond acceptors (Lipinski definition) is 4. The topological polar surface area (TPSA) is 81.4 Å². The molecule has 0 saturated heterocycles. The molecule has 118 valence electrons. The van der Waals surface area contributed by atoms with Crippen LogP contribution in [0, 0.1) is 20.8 Å². The van der Waals surface area contributed by atoms with Crippen LogP contribution in [-0.4, -0.2) is 27.2 Å². The Labute approximate surface area is 126 Å². The molecule has 0 heterocycles. The first-order valence-corrected chi connectivity index (χ1v) is 8.74. The van der Waals surface area contributed by atoms with Crippen molar-refractivity contribution in [2.75, 3.05) is 12.3 Å². The minimum absolute atomic E-state index is 0.0490. The zero-order valence-electron chi connectivity index (χ0n) is 13.1. The van der Waals surface area contributed by atoms with Crippen molar-refractivity contribution in [2.45, 2.75) is 57.6 Å². The molecule has 21 heavy (non-hydrogen) atoms. The normalized spacial score (nSPS) is 22.1. The zero-order valence-corrected chi connectivity index (χ0v) is 13.9. The molecule has 1 aromatic carbocycles. The first-order chi connectivity index (χ1) is 9.76. The van der Waals surface area contributed by atoms with E-state index in [1.807, 2.05) is 26.8 Å². The third-order valence-corrected chi connectivity index (χ3v) is 5.96. The second-order valence-corrected chi connectivity index (χ2v) is 7.38. The Balaban J connectivity index is 2.22. The minimum atomic E-state index is -3.55. The van der Waals surface area contributed by atoms with Gasteiger partial charge >= 0.3 is 0 Å². The molecule has 0 bridgehead atoms. The lowest BCUT2D eigenvalue weighted by Crippen LogP contribution is -2.48. The quantitative estimate of drug-likeness (QED) is 0.815. The number of benzene rings is 1. The van der Waals surface area contributed by atoms with Gasteiger partial charge < -0.3 is 10.5 Å². The van der Waals surface area contributed by atoms with Gasteiger partial charge in [0.15, 0.2) is 0 Å².